The Balaban J connectivity index is 1.35. The highest BCUT2D eigenvalue weighted by atomic mass is 32.2. The van der Waals surface area contributed by atoms with E-state index in [0.29, 0.717) is 17.9 Å². The lowest BCUT2D eigenvalue weighted by atomic mass is 10.2. The average Bonchev–Trinajstić information content (AvgIpc) is 3.39. The Kier molecular flexibility index (Phi) is 6.43. The highest BCUT2D eigenvalue weighted by Gasteiger charge is 2.16. The monoisotopic (exact) mass is 427 g/mol. The van der Waals surface area contributed by atoms with Gasteiger partial charge in [-0.25, -0.2) is 4.98 Å². The van der Waals surface area contributed by atoms with Gasteiger partial charge in [0.05, 0.1) is 27.8 Å². The summed E-state index contributed by atoms with van der Waals surface area (Å²) in [5.41, 5.74) is 2.34. The van der Waals surface area contributed by atoms with Crippen LogP contribution in [0.5, 0.6) is 5.75 Å². The van der Waals surface area contributed by atoms with E-state index in [-0.39, 0.29) is 17.8 Å². The molecule has 6 nitrogen and oxygen atoms in total. The minimum atomic E-state index is -0.00212. The van der Waals surface area contributed by atoms with Gasteiger partial charge in [0, 0.05) is 24.9 Å². The first kappa shape index (κ1) is 19.9. The van der Waals surface area contributed by atoms with Crippen LogP contribution in [-0.4, -0.2) is 47.2 Å². The number of para-hydroxylation sites is 1. The molecule has 1 aromatic heterocycles. The number of carbonyl (C=O) groups excluding carboxylic acids is 1. The van der Waals surface area contributed by atoms with Crippen molar-refractivity contribution in [2.24, 2.45) is 4.99 Å². The minimum Gasteiger partial charge on any atom is -0.507 e. The third-order valence-corrected chi connectivity index (χ3v) is 6.68. The minimum absolute atomic E-state index is 0.00212. The molecule has 8 heteroatoms. The number of thiazole rings is 1. The SMILES string of the molecule is O=C(CSc1nc2ccc(N=Cc3ccccc3O)cc2s1)NC[C@H]1CCCO1. The van der Waals surface area contributed by atoms with E-state index < -0.39 is 0 Å². The van der Waals surface area contributed by atoms with Gasteiger partial charge in [0.15, 0.2) is 4.34 Å². The first-order valence-corrected chi connectivity index (χ1v) is 11.2. The van der Waals surface area contributed by atoms with Crippen LogP contribution in [0.1, 0.15) is 18.4 Å². The number of phenolic OH excluding ortho intramolecular Hbond substituents is 1. The van der Waals surface area contributed by atoms with Crippen molar-refractivity contribution in [2.45, 2.75) is 23.3 Å². The van der Waals surface area contributed by atoms with E-state index in [0.717, 1.165) is 39.7 Å². The number of fused-ring (bicyclic) bond motifs is 1. The van der Waals surface area contributed by atoms with Crippen LogP contribution < -0.4 is 5.32 Å². The number of aromatic hydroxyl groups is 1. The first-order valence-electron chi connectivity index (χ1n) is 9.41. The van der Waals surface area contributed by atoms with Crippen molar-refractivity contribution in [3.05, 3.63) is 48.0 Å². The second-order valence-corrected chi connectivity index (χ2v) is 8.93. The second-order valence-electron chi connectivity index (χ2n) is 6.68. The molecule has 1 saturated heterocycles. The summed E-state index contributed by atoms with van der Waals surface area (Å²) in [6.07, 6.45) is 3.88. The number of hydrogen-bond donors (Lipinski definition) is 2. The number of thioether (sulfide) groups is 1. The number of aliphatic imine (C=N–C) groups is 1. The van der Waals surface area contributed by atoms with Crippen molar-refractivity contribution in [1.29, 1.82) is 0 Å². The summed E-state index contributed by atoms with van der Waals surface area (Å²) in [6.45, 7) is 1.37. The summed E-state index contributed by atoms with van der Waals surface area (Å²) in [7, 11) is 0. The van der Waals surface area contributed by atoms with E-state index in [1.54, 1.807) is 29.7 Å². The van der Waals surface area contributed by atoms with Crippen molar-refractivity contribution in [2.75, 3.05) is 18.9 Å². The predicted octanol–water partition coefficient (Wildman–Crippen LogP) is 4.14. The fourth-order valence-electron chi connectivity index (χ4n) is 2.99. The number of aromatic nitrogens is 1. The molecule has 2 N–H and O–H groups in total. The molecule has 1 aliphatic heterocycles. The first-order chi connectivity index (χ1) is 14.2. The molecule has 0 unspecified atom stereocenters. The lowest BCUT2D eigenvalue weighted by Crippen LogP contribution is -2.32. The molecule has 150 valence electrons. The number of phenols is 1. The quantitative estimate of drug-likeness (QED) is 0.437. The maximum absolute atomic E-state index is 12.0. The zero-order valence-electron chi connectivity index (χ0n) is 15.7. The molecule has 2 aromatic carbocycles. The largest absolute Gasteiger partial charge is 0.507 e. The molecule has 1 aliphatic rings. The molecular weight excluding hydrogens is 406 g/mol. The third-order valence-electron chi connectivity index (χ3n) is 4.52. The summed E-state index contributed by atoms with van der Waals surface area (Å²) < 4.78 is 7.38. The fraction of sp³-hybridized carbons (Fsp3) is 0.286. The Labute approximate surface area is 177 Å². The van der Waals surface area contributed by atoms with Gasteiger partial charge in [-0.3, -0.25) is 9.79 Å². The van der Waals surface area contributed by atoms with Gasteiger partial charge < -0.3 is 15.2 Å². The highest BCUT2D eigenvalue weighted by molar-refractivity contribution is 8.01. The van der Waals surface area contributed by atoms with Crippen LogP contribution in [0.2, 0.25) is 0 Å². The number of nitrogens with zero attached hydrogens (tertiary/aromatic N) is 2. The van der Waals surface area contributed by atoms with Crippen molar-refractivity contribution < 1.29 is 14.6 Å². The standard InChI is InChI=1S/C21H21N3O3S2/c25-18-6-2-1-4-14(18)11-22-15-7-8-17-19(10-15)29-21(24-17)28-13-20(26)23-12-16-5-3-9-27-16/h1-2,4,6-8,10-11,16,25H,3,5,9,12-13H2,(H,23,26)/t16-/m1/s1. The van der Waals surface area contributed by atoms with E-state index in [2.05, 4.69) is 15.3 Å². The van der Waals surface area contributed by atoms with Gasteiger partial charge in [0.2, 0.25) is 5.91 Å². The van der Waals surface area contributed by atoms with Crippen LogP contribution in [0, 0.1) is 0 Å². The molecule has 1 amide bonds. The lowest BCUT2D eigenvalue weighted by Gasteiger charge is -2.09. The topological polar surface area (TPSA) is 83.8 Å². The fourth-order valence-corrected chi connectivity index (χ4v) is 4.92. The van der Waals surface area contributed by atoms with E-state index >= 15 is 0 Å². The van der Waals surface area contributed by atoms with Crippen LogP contribution in [0.3, 0.4) is 0 Å². The smallest absolute Gasteiger partial charge is 0.230 e. The lowest BCUT2D eigenvalue weighted by molar-refractivity contribution is -0.119. The van der Waals surface area contributed by atoms with E-state index in [1.807, 2.05) is 30.3 Å². The van der Waals surface area contributed by atoms with Crippen LogP contribution in [0.15, 0.2) is 51.8 Å². The molecule has 29 heavy (non-hydrogen) atoms. The summed E-state index contributed by atoms with van der Waals surface area (Å²) in [6, 6.07) is 12.8. The van der Waals surface area contributed by atoms with Crippen molar-refractivity contribution in [1.82, 2.24) is 10.3 Å². The van der Waals surface area contributed by atoms with E-state index in [9.17, 15) is 9.90 Å². The Morgan fingerprint density at radius 3 is 3.10 bits per heavy atom. The van der Waals surface area contributed by atoms with Gasteiger partial charge in [-0.1, -0.05) is 23.9 Å². The zero-order valence-corrected chi connectivity index (χ0v) is 17.3. The normalized spacial score (nSPS) is 16.6. The molecule has 1 fully saturated rings. The second kappa shape index (κ2) is 9.39. The molecular formula is C21H21N3O3S2. The van der Waals surface area contributed by atoms with Crippen molar-refractivity contribution in [3.8, 4) is 5.75 Å². The Hall–Kier alpha value is -2.42. The molecule has 0 radical (unpaired) electrons. The number of carbonyl (C=O) groups is 1. The number of amides is 1. The molecule has 0 saturated carbocycles. The number of hydrogen-bond acceptors (Lipinski definition) is 7. The molecule has 1 atom stereocenters. The predicted molar refractivity (Wildman–Crippen MR) is 118 cm³/mol. The number of nitrogens with one attached hydrogen (secondary N) is 1. The van der Waals surface area contributed by atoms with E-state index in [1.165, 1.54) is 11.8 Å². The van der Waals surface area contributed by atoms with E-state index in [4.69, 9.17) is 4.74 Å². The number of ether oxygens (including phenoxy) is 1. The molecule has 3 aromatic rings. The summed E-state index contributed by atoms with van der Waals surface area (Å²) in [5, 5.41) is 12.8. The zero-order chi connectivity index (χ0) is 20.1. The Morgan fingerprint density at radius 1 is 1.38 bits per heavy atom. The molecule has 0 spiro atoms. The van der Waals surface area contributed by atoms with Crippen LogP contribution >= 0.6 is 23.1 Å². The van der Waals surface area contributed by atoms with Gasteiger partial charge >= 0.3 is 0 Å². The van der Waals surface area contributed by atoms with Crippen molar-refractivity contribution >= 4 is 51.1 Å². The summed E-state index contributed by atoms with van der Waals surface area (Å²) >= 11 is 2.98. The van der Waals surface area contributed by atoms with Crippen molar-refractivity contribution in [3.63, 3.8) is 0 Å². The number of rotatable bonds is 7. The Bertz CT molecular complexity index is 1030. The molecule has 2 heterocycles. The molecule has 0 aliphatic carbocycles. The van der Waals surface area contributed by atoms with Gasteiger partial charge in [-0.2, -0.15) is 0 Å². The Morgan fingerprint density at radius 2 is 2.28 bits per heavy atom. The summed E-state index contributed by atoms with van der Waals surface area (Å²) in [4.78, 5) is 21.1. The average molecular weight is 428 g/mol. The van der Waals surface area contributed by atoms with Gasteiger partial charge in [-0.05, 0) is 43.2 Å². The van der Waals surface area contributed by atoms with Crippen LogP contribution in [-0.2, 0) is 9.53 Å². The number of benzene rings is 2. The third kappa shape index (κ3) is 5.35. The molecule has 4 rings (SSSR count). The van der Waals surface area contributed by atoms with Gasteiger partial charge in [-0.15, -0.1) is 11.3 Å². The van der Waals surface area contributed by atoms with Crippen LogP contribution in [0.4, 0.5) is 5.69 Å². The summed E-state index contributed by atoms with van der Waals surface area (Å²) in [5.74, 6) is 0.537. The highest BCUT2D eigenvalue weighted by Crippen LogP contribution is 2.32. The maximum atomic E-state index is 12.0. The van der Waals surface area contributed by atoms with Gasteiger partial charge in [0.1, 0.15) is 5.75 Å². The molecule has 0 bridgehead atoms. The van der Waals surface area contributed by atoms with Crippen LogP contribution in [0.25, 0.3) is 10.2 Å². The van der Waals surface area contributed by atoms with Gasteiger partial charge in [0.25, 0.3) is 0 Å². The maximum Gasteiger partial charge on any atom is 0.230 e.